The second-order valence-corrected chi connectivity index (χ2v) is 14.4. The lowest BCUT2D eigenvalue weighted by Crippen LogP contribution is -2.35. The molecule has 1 saturated carbocycles. The Labute approximate surface area is 227 Å². The van der Waals surface area contributed by atoms with Crippen LogP contribution < -0.4 is 0 Å². The maximum Gasteiger partial charge on any atom is 0.492 e. The second-order valence-electron chi connectivity index (χ2n) is 9.05. The van der Waals surface area contributed by atoms with Crippen molar-refractivity contribution in [2.45, 2.75) is 52.4 Å². The number of aliphatic hydroxyl groups excluding tert-OH is 1. The van der Waals surface area contributed by atoms with Crippen LogP contribution in [0.25, 0.3) is 0 Å². The largest absolute Gasteiger partial charge is 0.492 e. The molecule has 0 aromatic rings. The molecule has 4 unspecified atom stereocenters. The van der Waals surface area contributed by atoms with Crippen LogP contribution in [0.2, 0.25) is 0 Å². The molecule has 3 N–H and O–H groups in total. The molecule has 1 aliphatic carbocycles. The quantitative estimate of drug-likeness (QED) is 0.0924. The lowest BCUT2D eigenvalue weighted by Gasteiger charge is -2.28. The Morgan fingerprint density at radius 3 is 2.15 bits per heavy atom. The van der Waals surface area contributed by atoms with Crippen molar-refractivity contribution in [3.63, 3.8) is 0 Å². The fraction of sp³-hybridized carbons (Fsp3) is 0.750. The minimum absolute atomic E-state index is 0.153. The normalized spacial score (nSPS) is 29.2. The molecule has 0 spiro atoms. The zero-order valence-electron chi connectivity index (χ0n) is 22.8. The molecule has 16 nitrogen and oxygen atoms in total. The van der Waals surface area contributed by atoms with Gasteiger partial charge in [-0.05, 0) is 34.1 Å². The topological polar surface area (TPSA) is 213 Å². The van der Waals surface area contributed by atoms with Gasteiger partial charge in [-0.15, -0.1) is 0 Å². The highest BCUT2D eigenvalue weighted by Gasteiger charge is 2.74. The summed E-state index contributed by atoms with van der Waals surface area (Å²) in [5, 5.41) is 18.0. The number of fused-ring (bicyclic) bond motifs is 1. The van der Waals surface area contributed by atoms with E-state index in [9.17, 15) is 28.5 Å². The van der Waals surface area contributed by atoms with Crippen molar-refractivity contribution < 1.29 is 59.9 Å². The first-order valence-corrected chi connectivity index (χ1v) is 16.0. The van der Waals surface area contributed by atoms with E-state index in [0.29, 0.717) is 11.3 Å². The van der Waals surface area contributed by atoms with Crippen LogP contribution in [0, 0.1) is 10.8 Å². The minimum atomic E-state index is -4.97. The van der Waals surface area contributed by atoms with E-state index in [0.717, 1.165) is 33.4 Å². The lowest BCUT2D eigenvalue weighted by atomic mass is 10.00. The van der Waals surface area contributed by atoms with E-state index in [1.54, 1.807) is 6.92 Å². The lowest BCUT2D eigenvalue weighted by molar-refractivity contribution is -0.113. The van der Waals surface area contributed by atoms with Gasteiger partial charge in [-0.3, -0.25) is 33.3 Å². The monoisotopic (exact) mass is 619 g/mol. The van der Waals surface area contributed by atoms with Crippen molar-refractivity contribution in [3.05, 3.63) is 11.3 Å². The van der Waals surface area contributed by atoms with Gasteiger partial charge in [-0.25, -0.2) is 13.7 Å². The number of ether oxygens (including phenoxy) is 1. The number of allylic oxidation sites excluding steroid dienone is 1. The fourth-order valence-electron chi connectivity index (χ4n) is 3.97. The van der Waals surface area contributed by atoms with Crippen LogP contribution in [0.3, 0.4) is 0 Å². The highest BCUT2D eigenvalue weighted by molar-refractivity contribution is 7.67. The number of Topliss-reactive ketones (excluding diaryl/α,β-unsaturated/α-hetero) is 1. The molecule has 2 fully saturated rings. The fourth-order valence-corrected chi connectivity index (χ4v) is 8.25. The van der Waals surface area contributed by atoms with Crippen LogP contribution in [-0.2, 0) is 49.9 Å². The molecule has 7 atom stereocenters. The predicted octanol–water partition coefficient (Wildman–Crippen LogP) is 3.06. The third kappa shape index (κ3) is 8.22. The molecule has 1 heterocycles. The summed E-state index contributed by atoms with van der Waals surface area (Å²) in [4.78, 5) is 27.4. The van der Waals surface area contributed by atoms with Gasteiger partial charge in [0.1, 0.15) is 6.10 Å². The molecule has 2 aliphatic rings. The maximum atomic E-state index is 13.1. The third-order valence-electron chi connectivity index (χ3n) is 6.27. The average Bonchev–Trinajstić information content (AvgIpc) is 3.25. The van der Waals surface area contributed by atoms with E-state index in [1.807, 2.05) is 13.8 Å². The van der Waals surface area contributed by atoms with Gasteiger partial charge in [-0.1, -0.05) is 0 Å². The third-order valence-corrected chi connectivity index (χ3v) is 11.3. The van der Waals surface area contributed by atoms with Gasteiger partial charge >= 0.3 is 23.5 Å². The standard InChI is InChI=1S/C20H36N3O13P3/c1-13(2)22-9-17(14(3)15(4)25)23(12-21)10-16-8-20(11-24)18(33-16)19(20)34-38(28,31-6)36-39(29,32-7)35-37(26,27)30-5/h12,16,18-19,21,24H,8-11H2,1-7H3,(H,26,27)/b17-14+,21-12?/t16-,18-,19?,20+,38?,39?/m1/s1. The molecule has 2 rings (SSSR count). The van der Waals surface area contributed by atoms with Crippen molar-refractivity contribution in [3.8, 4) is 0 Å². The number of carbonyl (C=O) groups is 1. The van der Waals surface area contributed by atoms with Crippen LogP contribution in [0.15, 0.2) is 16.3 Å². The molecule has 1 aliphatic heterocycles. The summed E-state index contributed by atoms with van der Waals surface area (Å²) in [7, 11) is -12.1. The number of nitrogens with one attached hydrogen (secondary N) is 1. The summed E-state index contributed by atoms with van der Waals surface area (Å²) >= 11 is 0. The average molecular weight is 619 g/mol. The molecular formula is C20H36N3O13P3. The Kier molecular flexibility index (Phi) is 11.6. The van der Waals surface area contributed by atoms with Gasteiger partial charge in [-0.2, -0.15) is 8.62 Å². The van der Waals surface area contributed by atoms with Gasteiger partial charge in [0, 0.05) is 38.3 Å². The molecule has 0 aromatic carbocycles. The van der Waals surface area contributed by atoms with Crippen LogP contribution >= 0.6 is 23.5 Å². The number of hydrogen-bond donors (Lipinski definition) is 3. The molecule has 0 bridgehead atoms. The van der Waals surface area contributed by atoms with Crippen molar-refractivity contribution in [1.29, 1.82) is 5.41 Å². The first-order valence-electron chi connectivity index (χ1n) is 11.6. The van der Waals surface area contributed by atoms with Gasteiger partial charge in [0.05, 0.1) is 43.7 Å². The van der Waals surface area contributed by atoms with Crippen molar-refractivity contribution in [2.24, 2.45) is 10.4 Å². The Hall–Kier alpha value is -1.12. The number of nitrogens with zero attached hydrogens (tertiary/aromatic N) is 2. The van der Waals surface area contributed by atoms with Crippen LogP contribution in [0.4, 0.5) is 0 Å². The molecule has 0 radical (unpaired) electrons. The zero-order valence-corrected chi connectivity index (χ0v) is 25.4. The highest BCUT2D eigenvalue weighted by atomic mass is 31.3. The number of ketones is 1. The molecule has 39 heavy (non-hydrogen) atoms. The number of phosphoric acid groups is 3. The number of aliphatic imine (C=N–C) groups is 1. The predicted molar refractivity (Wildman–Crippen MR) is 138 cm³/mol. The summed E-state index contributed by atoms with van der Waals surface area (Å²) in [6.45, 7) is 6.57. The summed E-state index contributed by atoms with van der Waals surface area (Å²) in [6, 6.07) is 0. The smallest absolute Gasteiger partial charge is 0.396 e. The van der Waals surface area contributed by atoms with Crippen molar-refractivity contribution in [1.82, 2.24) is 4.90 Å². The Morgan fingerprint density at radius 1 is 1.10 bits per heavy atom. The Morgan fingerprint density at radius 2 is 1.72 bits per heavy atom. The van der Waals surface area contributed by atoms with Gasteiger partial charge < -0.3 is 19.6 Å². The van der Waals surface area contributed by atoms with E-state index in [1.165, 1.54) is 11.8 Å². The first-order chi connectivity index (χ1) is 18.0. The van der Waals surface area contributed by atoms with Crippen molar-refractivity contribution in [2.75, 3.05) is 41.0 Å². The van der Waals surface area contributed by atoms with Gasteiger partial charge in [0.25, 0.3) is 0 Å². The van der Waals surface area contributed by atoms with Gasteiger partial charge in [0.15, 0.2) is 5.78 Å². The van der Waals surface area contributed by atoms with E-state index >= 15 is 0 Å². The molecule has 1 saturated heterocycles. The minimum Gasteiger partial charge on any atom is -0.396 e. The summed E-state index contributed by atoms with van der Waals surface area (Å²) < 4.78 is 71.4. The molecule has 0 amide bonds. The Bertz CT molecular complexity index is 1140. The maximum absolute atomic E-state index is 13.1. The van der Waals surface area contributed by atoms with Crippen LogP contribution in [-0.4, -0.2) is 92.1 Å². The number of rotatable bonds is 17. The number of hydrogen-bond acceptors (Lipinski definition) is 14. The number of carbonyl (C=O) groups excluding carboxylic acids is 1. The second kappa shape index (κ2) is 13.2. The highest BCUT2D eigenvalue weighted by Crippen LogP contribution is 2.74. The van der Waals surface area contributed by atoms with Crippen LogP contribution in [0.5, 0.6) is 0 Å². The summed E-state index contributed by atoms with van der Waals surface area (Å²) in [6.07, 6.45) is -1.08. The van der Waals surface area contributed by atoms with Crippen LogP contribution in [0.1, 0.15) is 34.1 Å². The van der Waals surface area contributed by atoms with E-state index in [2.05, 4.69) is 18.4 Å². The van der Waals surface area contributed by atoms with Crippen molar-refractivity contribution >= 4 is 41.3 Å². The molecule has 19 heteroatoms. The number of aliphatic hydroxyl groups is 1. The van der Waals surface area contributed by atoms with E-state index in [4.69, 9.17) is 23.5 Å². The molecule has 0 aromatic heterocycles. The molecular weight excluding hydrogens is 583 g/mol. The Balaban J connectivity index is 2.17. The summed E-state index contributed by atoms with van der Waals surface area (Å²) in [5.74, 6) is -0.174. The zero-order chi connectivity index (χ0) is 29.8. The first kappa shape index (κ1) is 34.1. The number of phosphoric ester groups is 2. The molecule has 224 valence electrons. The van der Waals surface area contributed by atoms with E-state index in [-0.39, 0.29) is 25.3 Å². The van der Waals surface area contributed by atoms with E-state index < -0.39 is 53.8 Å². The van der Waals surface area contributed by atoms with Gasteiger partial charge in [0.2, 0.25) is 0 Å². The summed E-state index contributed by atoms with van der Waals surface area (Å²) in [5.41, 5.74) is 0.723. The SMILES string of the molecule is COP(=O)(O)OP(=O)(OC)OP(=O)(OC)OC1[C@H]2O[C@@H](CN(C=N)/C(CN=C(C)C)=C(\C)C(C)=O)C[C@@]12CO.